The average Bonchev–Trinajstić information content (AvgIpc) is 1.70. The molecular formula is C67H83N9O21. The van der Waals surface area contributed by atoms with E-state index in [-0.39, 0.29) is 94.9 Å². The van der Waals surface area contributed by atoms with Crippen LogP contribution in [-0.4, -0.2) is 191 Å². The second kappa shape index (κ2) is 33.9. The summed E-state index contributed by atoms with van der Waals surface area (Å²) in [5, 5.41) is 17.5. The third-order valence-corrected chi connectivity index (χ3v) is 17.2. The molecule has 0 bridgehead atoms. The molecule has 4 amide bonds. The summed E-state index contributed by atoms with van der Waals surface area (Å²) < 4.78 is 89.9. The fourth-order valence-corrected chi connectivity index (χ4v) is 12.6. The largest absolute Gasteiger partial charge is 0.497 e. The lowest BCUT2D eigenvalue weighted by Crippen LogP contribution is -2.46. The summed E-state index contributed by atoms with van der Waals surface area (Å²) in [6.45, 7) is 4.67. The van der Waals surface area contributed by atoms with Crippen LogP contribution in [-0.2, 0) is 47.7 Å². The number of carbonyl (C=O) groups excluding carboxylic acids is 4. The molecular weight excluding hydrogens is 1270 g/mol. The van der Waals surface area contributed by atoms with Crippen LogP contribution < -0.4 is 90.3 Å². The average molecular weight is 1350 g/mol. The molecule has 0 saturated carbocycles. The first kappa shape index (κ1) is 70.2. The molecule has 5 aromatic carbocycles. The Morgan fingerprint density at radius 3 is 1.34 bits per heavy atom. The number of methoxy groups -OCH3 is 7. The highest BCUT2D eigenvalue weighted by Gasteiger charge is 2.51. The van der Waals surface area contributed by atoms with Gasteiger partial charge in [0.15, 0.2) is 46.0 Å². The van der Waals surface area contributed by atoms with Crippen molar-refractivity contribution < 1.29 is 99.8 Å². The Bertz CT molecular complexity index is 3580. The summed E-state index contributed by atoms with van der Waals surface area (Å²) in [7, 11) is 10.9. The van der Waals surface area contributed by atoms with Gasteiger partial charge in [0.2, 0.25) is 48.7 Å². The van der Waals surface area contributed by atoms with E-state index in [0.717, 1.165) is 50.5 Å². The second-order valence-corrected chi connectivity index (χ2v) is 22.5. The molecule has 6 aliphatic rings. The van der Waals surface area contributed by atoms with Gasteiger partial charge in [-0.3, -0.25) is 35.0 Å². The highest BCUT2D eigenvalue weighted by atomic mass is 16.7. The number of nitrogens with one attached hydrogen (secondary N) is 4. The minimum absolute atomic E-state index is 0.0950. The van der Waals surface area contributed by atoms with Crippen molar-refractivity contribution in [1.29, 1.82) is 0 Å². The summed E-state index contributed by atoms with van der Waals surface area (Å²) in [6.07, 6.45) is 0.318. The van der Waals surface area contributed by atoms with Crippen LogP contribution >= 0.6 is 0 Å². The van der Waals surface area contributed by atoms with Crippen molar-refractivity contribution in [2.45, 2.75) is 24.7 Å². The summed E-state index contributed by atoms with van der Waals surface area (Å²) in [5.41, 5.74) is 11.4. The number of nitrogens with zero attached hydrogens (tertiary/aromatic N) is 3. The molecule has 0 saturated heterocycles. The maximum Gasteiger partial charge on any atom is 0.236 e. The molecule has 30 heteroatoms. The summed E-state index contributed by atoms with van der Waals surface area (Å²) >= 11 is 0. The number of fused-ring (bicyclic) bond motifs is 8. The first-order valence-electron chi connectivity index (χ1n) is 31.5. The number of ether oxygens (including phenoxy) is 16. The Kier molecular flexibility index (Phi) is 24.5. The topological polar surface area (TPSA) is 353 Å². The summed E-state index contributed by atoms with van der Waals surface area (Å²) in [5.74, 6) is 12.3. The number of benzene rings is 5. The van der Waals surface area contributed by atoms with Gasteiger partial charge in [0, 0.05) is 42.0 Å². The number of oxime groups is 1. The Morgan fingerprint density at radius 1 is 0.495 bits per heavy atom. The van der Waals surface area contributed by atoms with Gasteiger partial charge in [-0.15, -0.1) is 0 Å². The first-order valence-corrected chi connectivity index (χ1v) is 31.5. The van der Waals surface area contributed by atoms with E-state index in [9.17, 15) is 19.2 Å². The van der Waals surface area contributed by atoms with Gasteiger partial charge in [-0.1, -0.05) is 5.16 Å². The minimum atomic E-state index is -0.620. The van der Waals surface area contributed by atoms with Gasteiger partial charge in [0.1, 0.15) is 12.4 Å². The molecule has 4 aliphatic heterocycles. The molecule has 1 unspecified atom stereocenters. The molecule has 0 radical (unpaired) electrons. The summed E-state index contributed by atoms with van der Waals surface area (Å²) in [4.78, 5) is 56.6. The highest BCUT2D eigenvalue weighted by molar-refractivity contribution is 6.11. The van der Waals surface area contributed by atoms with Crippen molar-refractivity contribution in [2.75, 3.05) is 161 Å². The monoisotopic (exact) mass is 1350 g/mol. The molecule has 522 valence electrons. The molecule has 97 heavy (non-hydrogen) atoms. The van der Waals surface area contributed by atoms with Crippen LogP contribution in [0.3, 0.4) is 0 Å². The van der Waals surface area contributed by atoms with Crippen molar-refractivity contribution in [2.24, 2.45) is 45.6 Å². The standard InChI is InChI=1S/C34H39N5O9.C33H44N4O12/c1-42-21-7-5-20(6-8-21)39-17-24-31(34(41)36-10-12-46-11-9-29(40)37-35)30(19-13-27(43-2)33(45-4)28(14-19)44-3)22-15-25-26(48-18-47-25)16-23(22)32(24)38-39;1-40-26-14-20(15-27(41-2)32(26)42-3)29-21-16-24-25(48-19-47-24)17-22(21)31-23(18-49-37-31)30(29)33(39)35-5-7-44-9-11-46-13-12-45-10-8-43-6-4-28(38)36-34/h5-8,13-16,24,30-31H,9-12,17-18,35H2,1-4H3,(H,36,41)(H,37,40);14-17,23,29-30H,4-13,18-19,34H2,1-3H3,(H,35,39)(H,36,38)/t24-,30+,31-;23?,29-,30+/m01/s1. The molecule has 6 atom stereocenters. The van der Waals surface area contributed by atoms with Gasteiger partial charge in [-0.2, -0.15) is 5.10 Å². The Morgan fingerprint density at radius 2 is 0.907 bits per heavy atom. The predicted molar refractivity (Wildman–Crippen MR) is 348 cm³/mol. The summed E-state index contributed by atoms with van der Waals surface area (Å²) in [6, 6.07) is 22.8. The van der Waals surface area contributed by atoms with Crippen LogP contribution in [0.2, 0.25) is 0 Å². The van der Waals surface area contributed by atoms with Gasteiger partial charge in [-0.05, 0) is 95.1 Å². The maximum atomic E-state index is 14.4. The van der Waals surface area contributed by atoms with E-state index in [2.05, 4.69) is 21.2 Å². The number of hydrogen-bond acceptors (Lipinski definition) is 26. The number of amides is 4. The van der Waals surface area contributed by atoms with Crippen LogP contribution in [0.25, 0.3) is 0 Å². The zero-order valence-electron chi connectivity index (χ0n) is 55.2. The van der Waals surface area contributed by atoms with E-state index in [1.165, 1.54) is 0 Å². The molecule has 5 aromatic rings. The lowest BCUT2D eigenvalue weighted by atomic mass is 9.65. The maximum absolute atomic E-state index is 14.4. The molecule has 0 fully saturated rings. The lowest BCUT2D eigenvalue weighted by molar-refractivity contribution is -0.127. The Labute approximate surface area is 560 Å². The lowest BCUT2D eigenvalue weighted by Gasteiger charge is -2.38. The van der Waals surface area contributed by atoms with Crippen LogP contribution in [0.4, 0.5) is 5.69 Å². The molecule has 4 heterocycles. The third-order valence-electron chi connectivity index (χ3n) is 17.2. The van der Waals surface area contributed by atoms with Gasteiger partial charge >= 0.3 is 0 Å². The molecule has 2 aliphatic carbocycles. The number of rotatable bonds is 33. The van der Waals surface area contributed by atoms with Gasteiger partial charge in [0.05, 0.1) is 170 Å². The van der Waals surface area contributed by atoms with E-state index in [1.807, 2.05) is 83.2 Å². The Hall–Kier alpha value is -9.56. The van der Waals surface area contributed by atoms with E-state index < -0.39 is 23.7 Å². The minimum Gasteiger partial charge on any atom is -0.497 e. The molecule has 0 aromatic heterocycles. The SMILES string of the molecule is COc1cc([C@@H]2c3cc4c(cc3C3=NOCC3[C@@H]2C(=O)NCCOCCOCCOCCOCCC(=O)NN)OCO4)cc(OC)c1OC.COc1ccc(N2C[C@@H]3C(=N2)c2cc4c(cc2[C@@H](c2cc(OC)c(OC)c(OC)c2)[C@H]3C(=O)NCCOCCC(=O)NN)OCO4)cc1. The van der Waals surface area contributed by atoms with Crippen LogP contribution in [0.1, 0.15) is 58.1 Å². The molecule has 30 nitrogen and oxygen atoms in total. The predicted octanol–water partition coefficient (Wildman–Crippen LogP) is 3.68. The first-order chi connectivity index (χ1) is 47.4. The van der Waals surface area contributed by atoms with Crippen molar-refractivity contribution in [1.82, 2.24) is 21.5 Å². The fourth-order valence-electron chi connectivity index (χ4n) is 12.6. The van der Waals surface area contributed by atoms with E-state index >= 15 is 0 Å². The highest BCUT2D eigenvalue weighted by Crippen LogP contribution is 2.54. The van der Waals surface area contributed by atoms with Gasteiger partial charge in [0.25, 0.3) is 0 Å². The second-order valence-electron chi connectivity index (χ2n) is 22.5. The van der Waals surface area contributed by atoms with E-state index in [1.54, 1.807) is 49.8 Å². The van der Waals surface area contributed by atoms with Crippen molar-refractivity contribution in [3.63, 3.8) is 0 Å². The fraction of sp³-hybridized carbons (Fsp3) is 0.463. The van der Waals surface area contributed by atoms with Crippen LogP contribution in [0.5, 0.6) is 63.2 Å². The smallest absolute Gasteiger partial charge is 0.236 e. The number of hydrazone groups is 1. The van der Waals surface area contributed by atoms with Crippen molar-refractivity contribution >= 4 is 40.7 Å². The van der Waals surface area contributed by atoms with Crippen LogP contribution in [0, 0.1) is 23.7 Å². The number of carbonyl (C=O) groups is 4. The van der Waals surface area contributed by atoms with E-state index in [4.69, 9.17) is 97.4 Å². The quantitative estimate of drug-likeness (QED) is 0.0151. The zero-order chi connectivity index (χ0) is 68.4. The van der Waals surface area contributed by atoms with Crippen molar-refractivity contribution in [3.8, 4) is 63.2 Å². The van der Waals surface area contributed by atoms with Crippen LogP contribution in [0.15, 0.2) is 83.1 Å². The molecule has 8 N–H and O–H groups in total. The Balaban J connectivity index is 0.000000211. The van der Waals surface area contributed by atoms with E-state index in [0.29, 0.717) is 123 Å². The molecule has 0 spiro atoms. The van der Waals surface area contributed by atoms with Gasteiger partial charge < -0.3 is 91.3 Å². The number of anilines is 1. The van der Waals surface area contributed by atoms with Gasteiger partial charge in [-0.25, -0.2) is 11.7 Å². The number of nitrogens with two attached hydrogens (primary N) is 2. The third kappa shape index (κ3) is 16.1. The normalized spacial score (nSPS) is 18.6. The number of hydrazine groups is 2. The zero-order valence-corrected chi connectivity index (χ0v) is 55.2. The van der Waals surface area contributed by atoms with Crippen molar-refractivity contribution in [3.05, 3.63) is 106 Å². The molecule has 11 rings (SSSR count). The number of hydrogen-bond donors (Lipinski definition) is 6.